The van der Waals surface area contributed by atoms with Crippen LogP contribution in [0.2, 0.25) is 0 Å². The van der Waals surface area contributed by atoms with Crippen LogP contribution in [0.15, 0.2) is 0 Å². The van der Waals surface area contributed by atoms with Gasteiger partial charge in [0, 0.05) is 32.3 Å². The molecule has 3 rings (SSSR count). The molecule has 19 heavy (non-hydrogen) atoms. The summed E-state index contributed by atoms with van der Waals surface area (Å²) in [6, 6.07) is 1.49. The summed E-state index contributed by atoms with van der Waals surface area (Å²) in [7, 11) is 1.82. The first kappa shape index (κ1) is 13.8. The van der Waals surface area contributed by atoms with Crippen LogP contribution < -0.4 is 5.32 Å². The van der Waals surface area contributed by atoms with E-state index >= 15 is 0 Å². The quantitative estimate of drug-likeness (QED) is 0.764. The van der Waals surface area contributed by atoms with Gasteiger partial charge in [-0.15, -0.1) is 0 Å². The minimum atomic E-state index is 0.741. The Kier molecular flexibility index (Phi) is 4.45. The second-order valence-electron chi connectivity index (χ2n) is 6.94. The van der Waals surface area contributed by atoms with Crippen molar-refractivity contribution in [1.29, 1.82) is 0 Å². The van der Waals surface area contributed by atoms with Crippen molar-refractivity contribution in [2.24, 2.45) is 17.8 Å². The van der Waals surface area contributed by atoms with Gasteiger partial charge in [-0.1, -0.05) is 6.42 Å². The molecule has 1 aliphatic heterocycles. The SMILES string of the molecule is COCCN(CC1NCC2CCCC21)C(C)C1CC1. The van der Waals surface area contributed by atoms with Crippen LogP contribution in [-0.2, 0) is 4.74 Å². The van der Waals surface area contributed by atoms with Crippen LogP contribution in [0.3, 0.4) is 0 Å². The highest BCUT2D eigenvalue weighted by Crippen LogP contribution is 2.39. The van der Waals surface area contributed by atoms with Crippen LogP contribution >= 0.6 is 0 Å². The number of ether oxygens (including phenoxy) is 1. The van der Waals surface area contributed by atoms with E-state index in [1.54, 1.807) is 0 Å². The largest absolute Gasteiger partial charge is 0.383 e. The number of rotatable bonds is 7. The fourth-order valence-electron chi connectivity index (χ4n) is 4.30. The van der Waals surface area contributed by atoms with E-state index in [1.165, 1.54) is 45.2 Å². The standard InChI is InChI=1S/C16H30N2O/c1-12(13-6-7-13)18(8-9-19-2)11-16-15-5-3-4-14(15)10-17-16/h12-17H,3-11H2,1-2H3. The molecule has 4 unspecified atom stereocenters. The molecule has 3 nitrogen and oxygen atoms in total. The van der Waals surface area contributed by atoms with Crippen molar-refractivity contribution in [2.45, 2.75) is 51.1 Å². The Balaban J connectivity index is 1.56. The number of hydrogen-bond acceptors (Lipinski definition) is 3. The summed E-state index contributed by atoms with van der Waals surface area (Å²) in [6.07, 6.45) is 7.26. The molecule has 1 saturated heterocycles. The van der Waals surface area contributed by atoms with Crippen molar-refractivity contribution in [3.8, 4) is 0 Å². The molecule has 0 spiro atoms. The lowest BCUT2D eigenvalue weighted by Gasteiger charge is -2.33. The van der Waals surface area contributed by atoms with Crippen molar-refractivity contribution in [2.75, 3.05) is 33.4 Å². The van der Waals surface area contributed by atoms with E-state index in [4.69, 9.17) is 4.74 Å². The topological polar surface area (TPSA) is 24.5 Å². The second kappa shape index (κ2) is 6.11. The molecule has 3 heteroatoms. The number of nitrogens with zero attached hydrogens (tertiary/aromatic N) is 1. The number of hydrogen-bond donors (Lipinski definition) is 1. The molecule has 2 saturated carbocycles. The van der Waals surface area contributed by atoms with Crippen molar-refractivity contribution >= 4 is 0 Å². The van der Waals surface area contributed by atoms with E-state index < -0.39 is 0 Å². The van der Waals surface area contributed by atoms with Gasteiger partial charge in [0.2, 0.25) is 0 Å². The van der Waals surface area contributed by atoms with E-state index in [2.05, 4.69) is 17.1 Å². The molecule has 0 aromatic carbocycles. The molecule has 3 aliphatic rings. The molecular formula is C16H30N2O. The first-order chi connectivity index (χ1) is 9.29. The van der Waals surface area contributed by atoms with Gasteiger partial charge in [0.05, 0.1) is 6.61 Å². The van der Waals surface area contributed by atoms with Gasteiger partial charge in [0.15, 0.2) is 0 Å². The van der Waals surface area contributed by atoms with Crippen LogP contribution in [0.25, 0.3) is 0 Å². The summed E-state index contributed by atoms with van der Waals surface area (Å²) < 4.78 is 5.31. The first-order valence-corrected chi connectivity index (χ1v) is 8.26. The Morgan fingerprint density at radius 2 is 2.11 bits per heavy atom. The van der Waals surface area contributed by atoms with Gasteiger partial charge in [0.1, 0.15) is 0 Å². The zero-order valence-corrected chi connectivity index (χ0v) is 12.6. The van der Waals surface area contributed by atoms with Crippen molar-refractivity contribution < 1.29 is 4.74 Å². The summed E-state index contributed by atoms with van der Waals surface area (Å²) in [5.74, 6) is 2.89. The lowest BCUT2D eigenvalue weighted by atomic mass is 9.93. The van der Waals surface area contributed by atoms with Gasteiger partial charge < -0.3 is 10.1 Å². The molecule has 0 amide bonds. The third-order valence-electron chi connectivity index (χ3n) is 5.77. The molecule has 4 atom stereocenters. The number of fused-ring (bicyclic) bond motifs is 1. The molecule has 0 bridgehead atoms. The molecule has 0 aromatic heterocycles. The van der Waals surface area contributed by atoms with Gasteiger partial charge in [0.25, 0.3) is 0 Å². The highest BCUT2D eigenvalue weighted by Gasteiger charge is 2.41. The van der Waals surface area contributed by atoms with Gasteiger partial charge in [-0.3, -0.25) is 4.90 Å². The van der Waals surface area contributed by atoms with Crippen molar-refractivity contribution in [3.63, 3.8) is 0 Å². The molecular weight excluding hydrogens is 236 g/mol. The van der Waals surface area contributed by atoms with E-state index in [1.807, 2.05) is 7.11 Å². The molecule has 110 valence electrons. The zero-order valence-electron chi connectivity index (χ0n) is 12.6. The van der Waals surface area contributed by atoms with Crippen LogP contribution in [-0.4, -0.2) is 50.3 Å². The van der Waals surface area contributed by atoms with Crippen LogP contribution in [0.4, 0.5) is 0 Å². The molecule has 1 heterocycles. The predicted octanol–water partition coefficient (Wildman–Crippen LogP) is 2.12. The van der Waals surface area contributed by atoms with Gasteiger partial charge in [-0.2, -0.15) is 0 Å². The fourth-order valence-corrected chi connectivity index (χ4v) is 4.30. The number of methoxy groups -OCH3 is 1. The Morgan fingerprint density at radius 1 is 1.26 bits per heavy atom. The molecule has 3 fully saturated rings. The monoisotopic (exact) mass is 266 g/mol. The molecule has 0 radical (unpaired) electrons. The summed E-state index contributed by atoms with van der Waals surface area (Å²) in [4.78, 5) is 2.69. The maximum atomic E-state index is 5.31. The highest BCUT2D eigenvalue weighted by atomic mass is 16.5. The minimum absolute atomic E-state index is 0.741. The summed E-state index contributed by atoms with van der Waals surface area (Å²) >= 11 is 0. The van der Waals surface area contributed by atoms with Crippen LogP contribution in [0.5, 0.6) is 0 Å². The smallest absolute Gasteiger partial charge is 0.0589 e. The van der Waals surface area contributed by atoms with E-state index in [0.717, 1.165) is 43.0 Å². The van der Waals surface area contributed by atoms with Crippen molar-refractivity contribution in [1.82, 2.24) is 10.2 Å². The Labute approximate surface area is 118 Å². The van der Waals surface area contributed by atoms with E-state index in [-0.39, 0.29) is 0 Å². The maximum Gasteiger partial charge on any atom is 0.0589 e. The Bertz CT molecular complexity index is 292. The van der Waals surface area contributed by atoms with Gasteiger partial charge >= 0.3 is 0 Å². The lowest BCUT2D eigenvalue weighted by molar-refractivity contribution is 0.104. The average molecular weight is 266 g/mol. The first-order valence-electron chi connectivity index (χ1n) is 8.26. The zero-order chi connectivity index (χ0) is 13.2. The fraction of sp³-hybridized carbons (Fsp3) is 1.00. The van der Waals surface area contributed by atoms with Crippen molar-refractivity contribution in [3.05, 3.63) is 0 Å². The third kappa shape index (κ3) is 3.14. The number of nitrogens with one attached hydrogen (secondary N) is 1. The predicted molar refractivity (Wildman–Crippen MR) is 78.3 cm³/mol. The Hall–Kier alpha value is -0.120. The van der Waals surface area contributed by atoms with Crippen LogP contribution in [0, 0.1) is 17.8 Å². The molecule has 1 N–H and O–H groups in total. The normalized spacial score (nSPS) is 35.8. The van der Waals surface area contributed by atoms with E-state index in [0.29, 0.717) is 0 Å². The van der Waals surface area contributed by atoms with Crippen LogP contribution in [0.1, 0.15) is 39.0 Å². The Morgan fingerprint density at radius 3 is 2.84 bits per heavy atom. The van der Waals surface area contributed by atoms with E-state index in [9.17, 15) is 0 Å². The summed E-state index contributed by atoms with van der Waals surface area (Å²) in [5, 5.41) is 3.80. The second-order valence-corrected chi connectivity index (χ2v) is 6.94. The minimum Gasteiger partial charge on any atom is -0.383 e. The van der Waals surface area contributed by atoms with Gasteiger partial charge in [-0.05, 0) is 56.9 Å². The maximum absolute atomic E-state index is 5.31. The lowest BCUT2D eigenvalue weighted by Crippen LogP contribution is -2.46. The third-order valence-corrected chi connectivity index (χ3v) is 5.77. The average Bonchev–Trinajstić information content (AvgIpc) is 3.04. The molecule has 0 aromatic rings. The molecule has 2 aliphatic carbocycles. The summed E-state index contributed by atoms with van der Waals surface area (Å²) in [5.41, 5.74) is 0. The summed E-state index contributed by atoms with van der Waals surface area (Å²) in [6.45, 7) is 6.91. The highest BCUT2D eigenvalue weighted by molar-refractivity contribution is 4.97. The van der Waals surface area contributed by atoms with Gasteiger partial charge in [-0.25, -0.2) is 0 Å².